The van der Waals surface area contributed by atoms with Crippen LogP contribution in [0.25, 0.3) is 0 Å². The van der Waals surface area contributed by atoms with Crippen LogP contribution in [0.1, 0.15) is 17.5 Å². The quantitative estimate of drug-likeness (QED) is 0.785. The lowest BCUT2D eigenvalue weighted by Crippen LogP contribution is -2.26. The summed E-state index contributed by atoms with van der Waals surface area (Å²) >= 11 is 6.19. The van der Waals surface area contributed by atoms with E-state index >= 15 is 0 Å². The molecular weight excluding hydrogens is 370 g/mol. The molecule has 7 heteroatoms. The Balaban J connectivity index is 1.80. The molecule has 2 aromatic rings. The van der Waals surface area contributed by atoms with Crippen molar-refractivity contribution in [3.8, 4) is 11.5 Å². The van der Waals surface area contributed by atoms with Gasteiger partial charge in [0.15, 0.2) is 11.5 Å². The Morgan fingerprint density at radius 1 is 1.22 bits per heavy atom. The van der Waals surface area contributed by atoms with E-state index in [9.17, 15) is 9.59 Å². The largest absolute Gasteiger partial charge is 0.493 e. The van der Waals surface area contributed by atoms with E-state index in [1.807, 2.05) is 30.3 Å². The number of hydrogen-bond donors (Lipinski definition) is 1. The summed E-state index contributed by atoms with van der Waals surface area (Å²) in [7, 11) is 1.54. The normalized spacial score (nSPS) is 16.4. The van der Waals surface area contributed by atoms with Gasteiger partial charge in [0, 0.05) is 35.7 Å². The fourth-order valence-corrected chi connectivity index (χ4v) is 3.26. The number of amides is 1. The van der Waals surface area contributed by atoms with Gasteiger partial charge < -0.3 is 19.5 Å². The Morgan fingerprint density at radius 2 is 1.96 bits per heavy atom. The molecule has 0 radical (unpaired) electrons. The number of carbonyl (C=O) groups excluding carboxylic acids is 1. The highest BCUT2D eigenvalue weighted by molar-refractivity contribution is 6.31. The van der Waals surface area contributed by atoms with Crippen LogP contribution in [0.3, 0.4) is 0 Å². The first-order valence-electron chi connectivity index (χ1n) is 8.52. The van der Waals surface area contributed by atoms with Crippen molar-refractivity contribution in [3.05, 3.63) is 58.6 Å². The summed E-state index contributed by atoms with van der Waals surface area (Å²) in [5.74, 6) is -0.739. The molecule has 142 valence electrons. The molecule has 1 heterocycles. The van der Waals surface area contributed by atoms with Gasteiger partial charge in [0.05, 0.1) is 13.0 Å². The number of carboxylic acid groups (broad SMARTS) is 1. The molecule has 1 aliphatic rings. The highest BCUT2D eigenvalue weighted by atomic mass is 35.5. The first-order chi connectivity index (χ1) is 13.0. The number of para-hydroxylation sites is 1. The average molecular weight is 390 g/mol. The van der Waals surface area contributed by atoms with Gasteiger partial charge in [-0.15, -0.1) is 0 Å². The molecule has 6 nitrogen and oxygen atoms in total. The molecule has 0 spiro atoms. The Labute approximate surface area is 162 Å². The van der Waals surface area contributed by atoms with E-state index in [0.717, 1.165) is 11.1 Å². The van der Waals surface area contributed by atoms with E-state index < -0.39 is 11.9 Å². The molecule has 3 rings (SSSR count). The Hall–Kier alpha value is -2.73. The summed E-state index contributed by atoms with van der Waals surface area (Å²) in [6.45, 7) is 0.700. The van der Waals surface area contributed by atoms with E-state index in [1.165, 1.54) is 4.90 Å². The van der Waals surface area contributed by atoms with E-state index in [0.29, 0.717) is 16.5 Å². The van der Waals surface area contributed by atoms with E-state index in [2.05, 4.69) is 0 Å². The number of rotatable bonds is 7. The van der Waals surface area contributed by atoms with Crippen LogP contribution in [-0.4, -0.2) is 35.5 Å². The predicted octanol–water partition coefficient (Wildman–Crippen LogP) is 3.36. The minimum atomic E-state index is -0.952. The molecule has 0 aliphatic carbocycles. The molecule has 0 bridgehead atoms. The zero-order valence-corrected chi connectivity index (χ0v) is 15.6. The maximum absolute atomic E-state index is 12.2. The molecule has 1 atom stereocenters. The van der Waals surface area contributed by atoms with Gasteiger partial charge in [-0.1, -0.05) is 41.9 Å². The first-order valence-corrected chi connectivity index (χ1v) is 8.90. The summed E-state index contributed by atoms with van der Waals surface area (Å²) in [4.78, 5) is 24.9. The second-order valence-electron chi connectivity index (χ2n) is 6.34. The SMILES string of the molecule is COc1cccc(CN2CC(C(=O)O)CC2=O)c1OCc1ccccc1Cl. The maximum Gasteiger partial charge on any atom is 0.308 e. The summed E-state index contributed by atoms with van der Waals surface area (Å²) in [5.41, 5.74) is 1.58. The zero-order chi connectivity index (χ0) is 19.4. The lowest BCUT2D eigenvalue weighted by atomic mass is 10.1. The number of likely N-dealkylation sites (tertiary alicyclic amines) is 1. The third-order valence-electron chi connectivity index (χ3n) is 4.54. The topological polar surface area (TPSA) is 76.1 Å². The van der Waals surface area contributed by atoms with Gasteiger partial charge in [-0.3, -0.25) is 9.59 Å². The minimum Gasteiger partial charge on any atom is -0.493 e. The van der Waals surface area contributed by atoms with Gasteiger partial charge in [0.2, 0.25) is 5.91 Å². The minimum absolute atomic E-state index is 0.0229. The van der Waals surface area contributed by atoms with Crippen LogP contribution >= 0.6 is 11.6 Å². The zero-order valence-electron chi connectivity index (χ0n) is 14.9. The second-order valence-corrected chi connectivity index (χ2v) is 6.75. The molecular formula is C20H20ClNO5. The molecule has 1 unspecified atom stereocenters. The second kappa shape index (κ2) is 8.31. The standard InChI is InChI=1S/C20H20ClNO5/c1-26-17-8-4-6-13(10-22-11-15(20(24)25)9-18(22)23)19(17)27-12-14-5-2-3-7-16(14)21/h2-8,15H,9-12H2,1H3,(H,24,25). The highest BCUT2D eigenvalue weighted by Gasteiger charge is 2.34. The number of ether oxygens (including phenoxy) is 2. The van der Waals surface area contributed by atoms with Crippen LogP contribution in [0, 0.1) is 5.92 Å². The number of carbonyl (C=O) groups is 2. The number of hydrogen-bond acceptors (Lipinski definition) is 4. The lowest BCUT2D eigenvalue weighted by molar-refractivity contribution is -0.141. The Morgan fingerprint density at radius 3 is 2.63 bits per heavy atom. The summed E-state index contributed by atoms with van der Waals surface area (Å²) in [5, 5.41) is 9.76. The van der Waals surface area contributed by atoms with E-state index in [4.69, 9.17) is 26.2 Å². The van der Waals surface area contributed by atoms with Crippen LogP contribution in [0.2, 0.25) is 5.02 Å². The smallest absolute Gasteiger partial charge is 0.308 e. The fraction of sp³-hybridized carbons (Fsp3) is 0.300. The molecule has 1 fully saturated rings. The lowest BCUT2D eigenvalue weighted by Gasteiger charge is -2.20. The van der Waals surface area contributed by atoms with Crippen LogP contribution in [0.5, 0.6) is 11.5 Å². The van der Waals surface area contributed by atoms with Crippen LogP contribution < -0.4 is 9.47 Å². The van der Waals surface area contributed by atoms with Crippen molar-refractivity contribution in [2.45, 2.75) is 19.6 Å². The summed E-state index contributed by atoms with van der Waals surface area (Å²) in [6, 6.07) is 12.8. The number of methoxy groups -OCH3 is 1. The molecule has 1 aliphatic heterocycles. The Kier molecular flexibility index (Phi) is 5.86. The van der Waals surface area contributed by atoms with Crippen molar-refractivity contribution in [1.29, 1.82) is 0 Å². The van der Waals surface area contributed by atoms with Gasteiger partial charge in [0.25, 0.3) is 0 Å². The van der Waals surface area contributed by atoms with E-state index in [-0.39, 0.29) is 32.0 Å². The van der Waals surface area contributed by atoms with Crippen molar-refractivity contribution in [1.82, 2.24) is 4.90 Å². The highest BCUT2D eigenvalue weighted by Crippen LogP contribution is 2.34. The van der Waals surface area contributed by atoms with Crippen molar-refractivity contribution in [2.24, 2.45) is 5.92 Å². The van der Waals surface area contributed by atoms with Gasteiger partial charge in [-0.25, -0.2) is 0 Å². The first kappa shape index (κ1) is 19.0. The predicted molar refractivity (Wildman–Crippen MR) is 99.9 cm³/mol. The number of nitrogens with zero attached hydrogens (tertiary/aromatic N) is 1. The van der Waals surface area contributed by atoms with Gasteiger partial charge in [-0.05, 0) is 12.1 Å². The molecule has 27 heavy (non-hydrogen) atoms. The number of halogens is 1. The van der Waals surface area contributed by atoms with Crippen molar-refractivity contribution < 1.29 is 24.2 Å². The molecule has 1 amide bonds. The molecule has 0 aromatic heterocycles. The molecule has 2 aromatic carbocycles. The summed E-state index contributed by atoms with van der Waals surface area (Å²) in [6.07, 6.45) is 0.0229. The third kappa shape index (κ3) is 4.34. The van der Waals surface area contributed by atoms with Crippen molar-refractivity contribution >= 4 is 23.5 Å². The number of benzene rings is 2. The van der Waals surface area contributed by atoms with Gasteiger partial charge >= 0.3 is 5.97 Å². The monoisotopic (exact) mass is 389 g/mol. The molecule has 1 saturated heterocycles. The average Bonchev–Trinajstić information content (AvgIpc) is 3.02. The molecule has 0 saturated carbocycles. The van der Waals surface area contributed by atoms with Crippen LogP contribution in [-0.2, 0) is 22.7 Å². The molecule has 1 N–H and O–H groups in total. The summed E-state index contributed by atoms with van der Waals surface area (Å²) < 4.78 is 11.4. The Bertz CT molecular complexity index is 854. The van der Waals surface area contributed by atoms with Crippen molar-refractivity contribution in [2.75, 3.05) is 13.7 Å². The van der Waals surface area contributed by atoms with Gasteiger partial charge in [0.1, 0.15) is 6.61 Å². The van der Waals surface area contributed by atoms with Crippen LogP contribution in [0.15, 0.2) is 42.5 Å². The van der Waals surface area contributed by atoms with Crippen molar-refractivity contribution in [3.63, 3.8) is 0 Å². The third-order valence-corrected chi connectivity index (χ3v) is 4.90. The maximum atomic E-state index is 12.2. The number of aliphatic carboxylic acids is 1. The number of carboxylic acids is 1. The van der Waals surface area contributed by atoms with Crippen LogP contribution in [0.4, 0.5) is 0 Å². The van der Waals surface area contributed by atoms with Gasteiger partial charge in [-0.2, -0.15) is 0 Å². The fourth-order valence-electron chi connectivity index (χ4n) is 3.07. The van der Waals surface area contributed by atoms with E-state index in [1.54, 1.807) is 19.2 Å².